The first-order chi connectivity index (χ1) is 10.1. The minimum Gasteiger partial charge on any atom is -0.384 e. The van der Waals surface area contributed by atoms with E-state index >= 15 is 0 Å². The standard InChI is InChI=1S/C16H21NO3S/c1-2-3-12-17(15-8-9-15)21(19,20)16-10-6-14(7-11-16)5-4-13-18/h6-7,10-11,15,18H,2-3,8-9,12-13H2,1H3. The number of rotatable bonds is 6. The van der Waals surface area contributed by atoms with E-state index in [1.807, 2.05) is 0 Å². The van der Waals surface area contributed by atoms with E-state index in [0.717, 1.165) is 25.7 Å². The number of aliphatic hydroxyl groups is 1. The molecule has 0 spiro atoms. The van der Waals surface area contributed by atoms with E-state index in [4.69, 9.17) is 5.11 Å². The van der Waals surface area contributed by atoms with E-state index < -0.39 is 10.0 Å². The highest BCUT2D eigenvalue weighted by Gasteiger charge is 2.37. The molecule has 1 saturated carbocycles. The van der Waals surface area contributed by atoms with Crippen molar-refractivity contribution in [3.8, 4) is 11.8 Å². The lowest BCUT2D eigenvalue weighted by Crippen LogP contribution is -2.34. The van der Waals surface area contributed by atoms with Crippen molar-refractivity contribution in [2.45, 2.75) is 43.5 Å². The van der Waals surface area contributed by atoms with Crippen LogP contribution in [0.2, 0.25) is 0 Å². The van der Waals surface area contributed by atoms with Gasteiger partial charge in [0, 0.05) is 18.2 Å². The summed E-state index contributed by atoms with van der Waals surface area (Å²) >= 11 is 0. The molecule has 0 heterocycles. The topological polar surface area (TPSA) is 57.6 Å². The summed E-state index contributed by atoms with van der Waals surface area (Å²) in [4.78, 5) is 0.319. The largest absolute Gasteiger partial charge is 0.384 e. The maximum Gasteiger partial charge on any atom is 0.243 e. The van der Waals surface area contributed by atoms with E-state index in [1.54, 1.807) is 28.6 Å². The van der Waals surface area contributed by atoms with Crippen molar-refractivity contribution in [3.63, 3.8) is 0 Å². The van der Waals surface area contributed by atoms with Gasteiger partial charge < -0.3 is 5.11 Å². The molecule has 2 rings (SSSR count). The second-order valence-corrected chi connectivity index (χ2v) is 7.08. The minimum absolute atomic E-state index is 0.176. The summed E-state index contributed by atoms with van der Waals surface area (Å²) in [6, 6.07) is 6.73. The monoisotopic (exact) mass is 307 g/mol. The van der Waals surface area contributed by atoms with Gasteiger partial charge in [0.1, 0.15) is 6.61 Å². The summed E-state index contributed by atoms with van der Waals surface area (Å²) in [6.07, 6.45) is 3.79. The van der Waals surface area contributed by atoms with Crippen molar-refractivity contribution in [2.24, 2.45) is 0 Å². The van der Waals surface area contributed by atoms with E-state index in [-0.39, 0.29) is 12.6 Å². The Morgan fingerprint density at radius 3 is 2.48 bits per heavy atom. The molecule has 0 amide bonds. The molecule has 1 N–H and O–H groups in total. The summed E-state index contributed by atoms with van der Waals surface area (Å²) in [5.74, 6) is 5.31. The maximum absolute atomic E-state index is 12.7. The average molecular weight is 307 g/mol. The SMILES string of the molecule is CCCCN(C1CC1)S(=O)(=O)c1ccc(C#CCO)cc1. The number of hydrogen-bond acceptors (Lipinski definition) is 3. The second-order valence-electron chi connectivity index (χ2n) is 5.18. The van der Waals surface area contributed by atoms with Gasteiger partial charge in [-0.1, -0.05) is 25.2 Å². The summed E-state index contributed by atoms with van der Waals surface area (Å²) in [5.41, 5.74) is 0.703. The van der Waals surface area contributed by atoms with Crippen LogP contribution in [0.3, 0.4) is 0 Å². The van der Waals surface area contributed by atoms with Gasteiger partial charge in [0.15, 0.2) is 0 Å². The highest BCUT2D eigenvalue weighted by Crippen LogP contribution is 2.32. The molecule has 0 aromatic heterocycles. The van der Waals surface area contributed by atoms with Crippen molar-refractivity contribution in [2.75, 3.05) is 13.2 Å². The second kappa shape index (κ2) is 7.08. The third-order valence-corrected chi connectivity index (χ3v) is 5.42. The molecule has 1 aliphatic carbocycles. The highest BCUT2D eigenvalue weighted by atomic mass is 32.2. The van der Waals surface area contributed by atoms with Gasteiger partial charge in [0.25, 0.3) is 0 Å². The Hall–Kier alpha value is -1.35. The molecule has 114 valence electrons. The molecule has 4 nitrogen and oxygen atoms in total. The van der Waals surface area contributed by atoms with Crippen LogP contribution in [0.4, 0.5) is 0 Å². The lowest BCUT2D eigenvalue weighted by molar-refractivity contribution is 0.350. The van der Waals surface area contributed by atoms with Gasteiger partial charge in [-0.3, -0.25) is 0 Å². The van der Waals surface area contributed by atoms with Crippen molar-refractivity contribution < 1.29 is 13.5 Å². The first-order valence-electron chi connectivity index (χ1n) is 7.31. The van der Waals surface area contributed by atoms with Crippen LogP contribution in [-0.4, -0.2) is 37.0 Å². The van der Waals surface area contributed by atoms with Crippen molar-refractivity contribution in [1.29, 1.82) is 0 Å². The predicted octanol–water partition coefficient (Wildman–Crippen LogP) is 1.98. The zero-order chi connectivity index (χ0) is 15.3. The quantitative estimate of drug-likeness (QED) is 0.818. The van der Waals surface area contributed by atoms with Gasteiger partial charge in [0.05, 0.1) is 4.90 Å². The Bertz CT molecular complexity index is 622. The zero-order valence-corrected chi connectivity index (χ0v) is 13.1. The fraction of sp³-hybridized carbons (Fsp3) is 0.500. The van der Waals surface area contributed by atoms with Gasteiger partial charge in [-0.15, -0.1) is 0 Å². The molecule has 0 radical (unpaired) electrons. The fourth-order valence-electron chi connectivity index (χ4n) is 2.16. The Morgan fingerprint density at radius 1 is 1.29 bits per heavy atom. The highest BCUT2D eigenvalue weighted by molar-refractivity contribution is 7.89. The number of sulfonamides is 1. The number of hydrogen-bond donors (Lipinski definition) is 1. The van der Waals surface area contributed by atoms with Crippen LogP contribution in [-0.2, 0) is 10.0 Å². The molecule has 0 unspecified atom stereocenters. The van der Waals surface area contributed by atoms with Crippen LogP contribution >= 0.6 is 0 Å². The third kappa shape index (κ3) is 4.07. The lowest BCUT2D eigenvalue weighted by atomic mass is 10.2. The van der Waals surface area contributed by atoms with Crippen LogP contribution in [0, 0.1) is 11.8 Å². The Labute approximate surface area is 126 Å². The molecule has 1 aromatic carbocycles. The van der Waals surface area contributed by atoms with Crippen LogP contribution in [0.5, 0.6) is 0 Å². The lowest BCUT2D eigenvalue weighted by Gasteiger charge is -2.21. The van der Waals surface area contributed by atoms with E-state index in [9.17, 15) is 8.42 Å². The van der Waals surface area contributed by atoms with Crippen LogP contribution in [0.25, 0.3) is 0 Å². The molecular weight excluding hydrogens is 286 g/mol. The minimum atomic E-state index is -3.41. The van der Waals surface area contributed by atoms with Gasteiger partial charge >= 0.3 is 0 Å². The van der Waals surface area contributed by atoms with Crippen LogP contribution < -0.4 is 0 Å². The first kappa shape index (κ1) is 16.0. The van der Waals surface area contributed by atoms with Gasteiger partial charge in [-0.05, 0) is 43.5 Å². The van der Waals surface area contributed by atoms with Gasteiger partial charge in [-0.2, -0.15) is 4.31 Å². The Kier molecular flexibility index (Phi) is 5.40. The molecule has 1 fully saturated rings. The normalized spacial score (nSPS) is 14.8. The average Bonchev–Trinajstić information content (AvgIpc) is 3.30. The van der Waals surface area contributed by atoms with E-state index in [1.165, 1.54) is 0 Å². The summed E-state index contributed by atoms with van der Waals surface area (Å²) in [5, 5.41) is 8.66. The van der Waals surface area contributed by atoms with E-state index in [2.05, 4.69) is 18.8 Å². The molecule has 0 atom stereocenters. The van der Waals surface area contributed by atoms with Gasteiger partial charge in [-0.25, -0.2) is 8.42 Å². The summed E-state index contributed by atoms with van der Waals surface area (Å²) in [7, 11) is -3.41. The van der Waals surface area contributed by atoms with E-state index in [0.29, 0.717) is 17.0 Å². The smallest absolute Gasteiger partial charge is 0.243 e. The molecule has 0 bridgehead atoms. The molecule has 21 heavy (non-hydrogen) atoms. The summed E-state index contributed by atoms with van der Waals surface area (Å²) in [6.45, 7) is 2.45. The van der Waals surface area contributed by atoms with Crippen LogP contribution in [0.15, 0.2) is 29.2 Å². The number of aliphatic hydroxyl groups excluding tert-OH is 1. The van der Waals surface area contributed by atoms with Crippen molar-refractivity contribution >= 4 is 10.0 Å². The Balaban J connectivity index is 2.20. The number of nitrogens with zero attached hydrogens (tertiary/aromatic N) is 1. The third-order valence-electron chi connectivity index (χ3n) is 3.46. The number of unbranched alkanes of at least 4 members (excludes halogenated alkanes) is 1. The zero-order valence-electron chi connectivity index (χ0n) is 12.2. The molecule has 0 aliphatic heterocycles. The predicted molar refractivity (Wildman–Crippen MR) is 82.2 cm³/mol. The molecule has 1 aromatic rings. The molecule has 5 heteroatoms. The molecular formula is C16H21NO3S. The number of benzene rings is 1. The Morgan fingerprint density at radius 2 is 1.95 bits per heavy atom. The van der Waals surface area contributed by atoms with Crippen molar-refractivity contribution in [1.82, 2.24) is 4.31 Å². The van der Waals surface area contributed by atoms with Crippen LogP contribution in [0.1, 0.15) is 38.2 Å². The first-order valence-corrected chi connectivity index (χ1v) is 8.75. The summed E-state index contributed by atoms with van der Waals surface area (Å²) < 4.78 is 27.0. The maximum atomic E-state index is 12.7. The van der Waals surface area contributed by atoms with Gasteiger partial charge in [0.2, 0.25) is 10.0 Å². The van der Waals surface area contributed by atoms with Crippen molar-refractivity contribution in [3.05, 3.63) is 29.8 Å². The molecule has 0 saturated heterocycles. The molecule has 1 aliphatic rings. The fourth-order valence-corrected chi connectivity index (χ4v) is 3.89.